The second-order valence-electron chi connectivity index (χ2n) is 7.53. The molecule has 2 saturated heterocycles. The second kappa shape index (κ2) is 7.95. The molecule has 4 rings (SSSR count). The van der Waals surface area contributed by atoms with Gasteiger partial charge >= 0.3 is 0 Å². The summed E-state index contributed by atoms with van der Waals surface area (Å²) in [6, 6.07) is 1.67. The molecule has 2 aromatic heterocycles. The molecular formula is C18H22ClF2N5O3S. The lowest BCUT2D eigenvalue weighted by molar-refractivity contribution is -0.151. The van der Waals surface area contributed by atoms with E-state index in [9.17, 15) is 13.9 Å². The van der Waals surface area contributed by atoms with Gasteiger partial charge in [0.2, 0.25) is 5.91 Å². The molecule has 12 heteroatoms. The summed E-state index contributed by atoms with van der Waals surface area (Å²) in [4.78, 5) is 19.6. The van der Waals surface area contributed by atoms with E-state index in [-0.39, 0.29) is 37.6 Å². The number of pyridine rings is 1. The van der Waals surface area contributed by atoms with E-state index in [0.717, 1.165) is 0 Å². The maximum Gasteiger partial charge on any atom is 0.276 e. The highest BCUT2D eigenvalue weighted by Gasteiger charge is 2.50. The average Bonchev–Trinajstić information content (AvgIpc) is 3.13. The molecule has 0 saturated carbocycles. The summed E-state index contributed by atoms with van der Waals surface area (Å²) in [5.74, 6) is -5.24. The lowest BCUT2D eigenvalue weighted by Crippen LogP contribution is -2.56. The molecule has 2 aromatic rings. The van der Waals surface area contributed by atoms with Gasteiger partial charge in [-0.3, -0.25) is 18.9 Å². The standard InChI is InChI=1S/C18H22ClF2N5O3S/c19-13-9-23-26(11-13)15-1-3-22-10-16(15)25-4-2-14(18(20,21)12-25)17(27)24-5-7-30(28,29)8-6-24/h1,3,9-11,14,28-29H,2,4-8,12H2. The minimum atomic E-state index is -3.25. The van der Waals surface area contributed by atoms with Gasteiger partial charge in [-0.15, -0.1) is 0 Å². The number of piperidine rings is 1. The third-order valence-corrected chi connectivity index (χ3v) is 7.37. The van der Waals surface area contributed by atoms with Crippen molar-refractivity contribution in [2.45, 2.75) is 12.3 Å². The topological polar surface area (TPSA) is 94.7 Å². The van der Waals surface area contributed by atoms with Crippen molar-refractivity contribution in [1.82, 2.24) is 19.7 Å². The van der Waals surface area contributed by atoms with E-state index >= 15 is 8.78 Å². The first kappa shape index (κ1) is 21.3. The molecule has 2 aliphatic heterocycles. The van der Waals surface area contributed by atoms with Gasteiger partial charge in [-0.25, -0.2) is 13.5 Å². The number of carbonyl (C=O) groups is 1. The molecular weight excluding hydrogens is 440 g/mol. The second-order valence-corrected chi connectivity index (χ2v) is 10.4. The molecule has 2 fully saturated rings. The molecule has 0 aliphatic carbocycles. The Labute approximate surface area is 178 Å². The van der Waals surface area contributed by atoms with E-state index in [4.69, 9.17) is 11.6 Å². The zero-order valence-electron chi connectivity index (χ0n) is 16.0. The number of anilines is 1. The van der Waals surface area contributed by atoms with E-state index in [1.54, 1.807) is 18.5 Å². The molecule has 164 valence electrons. The maximum absolute atomic E-state index is 15.1. The molecule has 0 bridgehead atoms. The number of halogens is 3. The van der Waals surface area contributed by atoms with Crippen molar-refractivity contribution in [3.8, 4) is 5.69 Å². The minimum Gasteiger partial charge on any atom is -0.362 e. The van der Waals surface area contributed by atoms with Crippen LogP contribution in [0.1, 0.15) is 6.42 Å². The summed E-state index contributed by atoms with van der Waals surface area (Å²) < 4.78 is 51.0. The highest BCUT2D eigenvalue weighted by Crippen LogP contribution is 2.42. The average molecular weight is 462 g/mol. The van der Waals surface area contributed by atoms with Crippen molar-refractivity contribution in [2.75, 3.05) is 42.6 Å². The fourth-order valence-electron chi connectivity index (χ4n) is 3.87. The van der Waals surface area contributed by atoms with Crippen LogP contribution < -0.4 is 4.90 Å². The van der Waals surface area contributed by atoms with Crippen LogP contribution in [0.25, 0.3) is 5.69 Å². The van der Waals surface area contributed by atoms with Crippen molar-refractivity contribution in [3.05, 3.63) is 35.9 Å². The SMILES string of the molecule is O=C(C1CCN(c2cnccc2-n2cc(Cl)cn2)CC1(F)F)N1CCS(O)(O)CC1. The van der Waals surface area contributed by atoms with Gasteiger partial charge in [-0.2, -0.15) is 15.7 Å². The van der Waals surface area contributed by atoms with E-state index in [1.165, 1.54) is 26.9 Å². The third kappa shape index (κ3) is 4.25. The number of alkyl halides is 2. The van der Waals surface area contributed by atoms with Crippen LogP contribution in [0.5, 0.6) is 0 Å². The van der Waals surface area contributed by atoms with E-state index in [2.05, 4.69) is 10.1 Å². The zero-order chi connectivity index (χ0) is 21.5. The molecule has 0 aromatic carbocycles. The van der Waals surface area contributed by atoms with Crippen molar-refractivity contribution in [3.63, 3.8) is 0 Å². The van der Waals surface area contributed by atoms with Gasteiger partial charge in [0, 0.05) is 32.0 Å². The normalized spacial score (nSPS) is 24.5. The number of hydrogen-bond acceptors (Lipinski definition) is 6. The van der Waals surface area contributed by atoms with Crippen molar-refractivity contribution >= 4 is 33.8 Å². The monoisotopic (exact) mass is 461 g/mol. The number of carbonyl (C=O) groups excluding carboxylic acids is 1. The smallest absolute Gasteiger partial charge is 0.276 e. The Morgan fingerprint density at radius 2 is 1.93 bits per heavy atom. The highest BCUT2D eigenvalue weighted by atomic mass is 35.5. The molecule has 8 nitrogen and oxygen atoms in total. The first-order chi connectivity index (χ1) is 14.2. The van der Waals surface area contributed by atoms with E-state index in [1.807, 2.05) is 0 Å². The number of amides is 1. The van der Waals surface area contributed by atoms with Crippen LogP contribution in [-0.4, -0.2) is 78.3 Å². The molecule has 1 atom stereocenters. The Balaban J connectivity index is 1.51. The first-order valence-electron chi connectivity index (χ1n) is 9.46. The lowest BCUT2D eigenvalue weighted by Gasteiger charge is -2.44. The minimum absolute atomic E-state index is 0.0211. The van der Waals surface area contributed by atoms with Gasteiger partial charge in [-0.1, -0.05) is 11.6 Å². The van der Waals surface area contributed by atoms with Gasteiger partial charge in [0.1, 0.15) is 5.92 Å². The Bertz CT molecular complexity index is 934. The van der Waals surface area contributed by atoms with Crippen LogP contribution in [0.3, 0.4) is 0 Å². The fraction of sp³-hybridized carbons (Fsp3) is 0.500. The third-order valence-electron chi connectivity index (χ3n) is 5.50. The van der Waals surface area contributed by atoms with Crippen LogP contribution in [0.2, 0.25) is 5.02 Å². The molecule has 0 radical (unpaired) electrons. The van der Waals surface area contributed by atoms with Crippen LogP contribution in [-0.2, 0) is 4.79 Å². The summed E-state index contributed by atoms with van der Waals surface area (Å²) in [7, 11) is -2.70. The Kier molecular flexibility index (Phi) is 5.64. The number of nitrogens with zero attached hydrogens (tertiary/aromatic N) is 5. The molecule has 30 heavy (non-hydrogen) atoms. The molecule has 2 N–H and O–H groups in total. The predicted molar refractivity (Wildman–Crippen MR) is 111 cm³/mol. The van der Waals surface area contributed by atoms with Crippen molar-refractivity contribution < 1.29 is 22.7 Å². The summed E-state index contributed by atoms with van der Waals surface area (Å²) in [6.07, 6.45) is 6.06. The van der Waals surface area contributed by atoms with Gasteiger partial charge < -0.3 is 9.80 Å². The zero-order valence-corrected chi connectivity index (χ0v) is 17.6. The number of rotatable bonds is 3. The van der Waals surface area contributed by atoms with Crippen LogP contribution in [0, 0.1) is 5.92 Å². The van der Waals surface area contributed by atoms with Crippen molar-refractivity contribution in [2.24, 2.45) is 5.92 Å². The summed E-state index contributed by atoms with van der Waals surface area (Å²) in [6.45, 7) is -0.197. The van der Waals surface area contributed by atoms with Gasteiger partial charge in [0.25, 0.3) is 5.92 Å². The molecule has 4 heterocycles. The Morgan fingerprint density at radius 3 is 2.57 bits per heavy atom. The van der Waals surface area contributed by atoms with E-state index in [0.29, 0.717) is 16.4 Å². The molecule has 1 unspecified atom stereocenters. The van der Waals surface area contributed by atoms with Gasteiger partial charge in [0.15, 0.2) is 0 Å². The fourth-order valence-corrected chi connectivity index (χ4v) is 5.23. The molecule has 1 amide bonds. The Morgan fingerprint density at radius 1 is 1.20 bits per heavy atom. The quantitative estimate of drug-likeness (QED) is 0.729. The summed E-state index contributed by atoms with van der Waals surface area (Å²) >= 11 is 5.93. The number of hydrogen-bond donors (Lipinski definition) is 2. The molecule has 0 spiro atoms. The predicted octanol–water partition coefficient (Wildman–Crippen LogP) is 2.98. The summed E-state index contributed by atoms with van der Waals surface area (Å²) in [5.41, 5.74) is 1.05. The summed E-state index contributed by atoms with van der Waals surface area (Å²) in [5, 5.41) is 4.56. The first-order valence-corrected chi connectivity index (χ1v) is 11.7. The molecule has 2 aliphatic rings. The van der Waals surface area contributed by atoms with Crippen LogP contribution >= 0.6 is 22.2 Å². The number of aromatic nitrogens is 3. The highest BCUT2D eigenvalue weighted by molar-refractivity contribution is 8.24. The van der Waals surface area contributed by atoms with Crippen LogP contribution in [0.4, 0.5) is 14.5 Å². The Hall–Kier alpha value is -1.95. The maximum atomic E-state index is 15.1. The van der Waals surface area contributed by atoms with E-state index < -0.39 is 34.9 Å². The lowest BCUT2D eigenvalue weighted by atomic mass is 9.91. The van der Waals surface area contributed by atoms with Crippen LogP contribution in [0.15, 0.2) is 30.9 Å². The van der Waals surface area contributed by atoms with Crippen molar-refractivity contribution in [1.29, 1.82) is 0 Å². The largest absolute Gasteiger partial charge is 0.362 e. The van der Waals surface area contributed by atoms with Gasteiger partial charge in [-0.05, 0) is 12.5 Å². The van der Waals surface area contributed by atoms with Gasteiger partial charge in [0.05, 0.1) is 46.8 Å².